The molecule has 1 aliphatic heterocycles. The third-order valence-electron chi connectivity index (χ3n) is 5.01. The molecule has 0 radical (unpaired) electrons. The van der Waals surface area contributed by atoms with Gasteiger partial charge in [0.1, 0.15) is 5.82 Å². The van der Waals surface area contributed by atoms with Crippen molar-refractivity contribution < 1.29 is 18.8 Å². The van der Waals surface area contributed by atoms with Crippen molar-refractivity contribution in [3.8, 4) is 11.4 Å². The van der Waals surface area contributed by atoms with E-state index in [-0.39, 0.29) is 11.7 Å². The predicted molar refractivity (Wildman–Crippen MR) is 100 cm³/mol. The molecule has 144 valence electrons. The molecule has 2 heterocycles. The van der Waals surface area contributed by atoms with Crippen LogP contribution in [-0.2, 0) is 6.54 Å². The third-order valence-corrected chi connectivity index (χ3v) is 5.01. The van der Waals surface area contributed by atoms with Crippen molar-refractivity contribution >= 4 is 5.97 Å². The summed E-state index contributed by atoms with van der Waals surface area (Å²) in [6, 6.07) is 13.0. The zero-order valence-electron chi connectivity index (χ0n) is 15.2. The molecule has 0 bridgehead atoms. The Morgan fingerprint density at radius 3 is 2.64 bits per heavy atom. The maximum absolute atomic E-state index is 13.1. The van der Waals surface area contributed by atoms with E-state index in [0.29, 0.717) is 17.3 Å². The van der Waals surface area contributed by atoms with Gasteiger partial charge in [-0.05, 0) is 61.3 Å². The Morgan fingerprint density at radius 1 is 1.18 bits per heavy atom. The molecule has 1 saturated heterocycles. The second-order valence-electron chi connectivity index (χ2n) is 7.04. The topological polar surface area (TPSA) is 79.5 Å². The Kier molecular flexibility index (Phi) is 5.16. The first-order valence-corrected chi connectivity index (χ1v) is 9.22. The van der Waals surface area contributed by atoms with Crippen molar-refractivity contribution in [1.82, 2.24) is 15.0 Å². The Bertz CT molecular complexity index is 954. The van der Waals surface area contributed by atoms with Crippen molar-refractivity contribution in [2.24, 2.45) is 0 Å². The van der Waals surface area contributed by atoms with E-state index in [9.17, 15) is 9.18 Å². The molecule has 28 heavy (non-hydrogen) atoms. The summed E-state index contributed by atoms with van der Waals surface area (Å²) >= 11 is 0. The summed E-state index contributed by atoms with van der Waals surface area (Å²) in [5.41, 5.74) is 2.09. The fourth-order valence-corrected chi connectivity index (χ4v) is 3.53. The number of piperidine rings is 1. The van der Waals surface area contributed by atoms with Crippen LogP contribution in [0.2, 0.25) is 0 Å². The first-order valence-electron chi connectivity index (χ1n) is 9.22. The highest BCUT2D eigenvalue weighted by Gasteiger charge is 2.26. The number of rotatable bonds is 5. The molecule has 2 aromatic carbocycles. The van der Waals surface area contributed by atoms with Gasteiger partial charge in [0.05, 0.1) is 11.5 Å². The minimum Gasteiger partial charge on any atom is -0.478 e. The van der Waals surface area contributed by atoms with E-state index in [2.05, 4.69) is 15.0 Å². The molecule has 0 amide bonds. The highest BCUT2D eigenvalue weighted by molar-refractivity contribution is 5.87. The van der Waals surface area contributed by atoms with Crippen LogP contribution >= 0.6 is 0 Å². The molecule has 0 saturated carbocycles. The van der Waals surface area contributed by atoms with Gasteiger partial charge < -0.3 is 9.63 Å². The van der Waals surface area contributed by atoms with E-state index in [1.54, 1.807) is 24.3 Å². The quantitative estimate of drug-likeness (QED) is 0.721. The fraction of sp³-hybridized carbons (Fsp3) is 0.286. The number of carbonyl (C=O) groups is 1. The van der Waals surface area contributed by atoms with Gasteiger partial charge in [-0.2, -0.15) is 4.98 Å². The van der Waals surface area contributed by atoms with E-state index in [4.69, 9.17) is 9.63 Å². The van der Waals surface area contributed by atoms with Gasteiger partial charge in [-0.3, -0.25) is 4.90 Å². The van der Waals surface area contributed by atoms with Crippen molar-refractivity contribution in [2.75, 3.05) is 13.1 Å². The normalized spacial score (nSPS) is 17.5. The number of likely N-dealkylation sites (tertiary alicyclic amines) is 1. The minimum absolute atomic E-state index is 0.147. The van der Waals surface area contributed by atoms with Crippen molar-refractivity contribution in [1.29, 1.82) is 0 Å². The number of nitrogens with zero attached hydrogens (tertiary/aromatic N) is 3. The van der Waals surface area contributed by atoms with Crippen LogP contribution < -0.4 is 0 Å². The Balaban J connectivity index is 1.42. The van der Waals surface area contributed by atoms with E-state index >= 15 is 0 Å². The molecule has 7 heteroatoms. The third kappa shape index (κ3) is 4.09. The summed E-state index contributed by atoms with van der Waals surface area (Å²) < 4.78 is 18.6. The van der Waals surface area contributed by atoms with E-state index in [1.165, 1.54) is 12.1 Å². The summed E-state index contributed by atoms with van der Waals surface area (Å²) in [4.78, 5) is 17.8. The van der Waals surface area contributed by atoms with E-state index < -0.39 is 5.97 Å². The Hall–Kier alpha value is -3.06. The van der Waals surface area contributed by atoms with Crippen molar-refractivity contribution in [3.05, 3.63) is 71.4 Å². The summed E-state index contributed by atoms with van der Waals surface area (Å²) in [6.07, 6.45) is 1.99. The lowest BCUT2D eigenvalue weighted by atomic mass is 9.97. The zero-order chi connectivity index (χ0) is 19.5. The van der Waals surface area contributed by atoms with Crippen LogP contribution in [-0.4, -0.2) is 39.2 Å². The van der Waals surface area contributed by atoms with Crippen molar-refractivity contribution in [2.45, 2.75) is 25.3 Å². The van der Waals surface area contributed by atoms with Crippen molar-refractivity contribution in [3.63, 3.8) is 0 Å². The maximum Gasteiger partial charge on any atom is 0.335 e. The smallest absolute Gasteiger partial charge is 0.335 e. The highest BCUT2D eigenvalue weighted by Crippen LogP contribution is 2.28. The maximum atomic E-state index is 13.1. The lowest BCUT2D eigenvalue weighted by Crippen LogP contribution is -2.34. The average Bonchev–Trinajstić information content (AvgIpc) is 3.19. The van der Waals surface area contributed by atoms with Gasteiger partial charge in [-0.15, -0.1) is 0 Å². The standard InChI is InChI=1S/C21H20FN3O3/c22-18-9-7-15(8-10-18)19-23-20(28-24-19)17-2-1-11-25(13-17)12-14-3-5-16(6-4-14)21(26)27/h3-10,17H,1-2,11-13H2,(H,26,27). The molecule has 6 nitrogen and oxygen atoms in total. The van der Waals surface area contributed by atoms with Crippen LogP contribution in [0.15, 0.2) is 53.1 Å². The monoisotopic (exact) mass is 381 g/mol. The molecular formula is C21H20FN3O3. The number of halogens is 1. The fourth-order valence-electron chi connectivity index (χ4n) is 3.53. The summed E-state index contributed by atoms with van der Waals surface area (Å²) in [6.45, 7) is 2.51. The second kappa shape index (κ2) is 7.90. The van der Waals surface area contributed by atoms with Crippen LogP contribution in [0.4, 0.5) is 4.39 Å². The van der Waals surface area contributed by atoms with Crippen LogP contribution in [0.25, 0.3) is 11.4 Å². The lowest BCUT2D eigenvalue weighted by molar-refractivity contribution is 0.0697. The Labute approximate surface area is 161 Å². The largest absolute Gasteiger partial charge is 0.478 e. The van der Waals surface area contributed by atoms with Crippen LogP contribution in [0.1, 0.15) is 40.6 Å². The summed E-state index contributed by atoms with van der Waals surface area (Å²) in [5.74, 6) is 0.0000845. The second-order valence-corrected chi connectivity index (χ2v) is 7.04. The SMILES string of the molecule is O=C(O)c1ccc(CN2CCCC(c3nc(-c4ccc(F)cc4)no3)C2)cc1. The van der Waals surface area contributed by atoms with Gasteiger partial charge in [0.25, 0.3) is 0 Å². The average molecular weight is 381 g/mol. The molecule has 1 fully saturated rings. The van der Waals surface area contributed by atoms with E-state index in [1.807, 2.05) is 12.1 Å². The number of hydrogen-bond acceptors (Lipinski definition) is 5. The Morgan fingerprint density at radius 2 is 1.93 bits per heavy atom. The first-order chi connectivity index (χ1) is 13.6. The molecule has 0 spiro atoms. The molecular weight excluding hydrogens is 361 g/mol. The lowest BCUT2D eigenvalue weighted by Gasteiger charge is -2.30. The molecule has 0 aliphatic carbocycles. The van der Waals surface area contributed by atoms with Gasteiger partial charge in [-0.25, -0.2) is 9.18 Å². The van der Waals surface area contributed by atoms with Crippen LogP contribution in [0, 0.1) is 5.82 Å². The number of hydrogen-bond donors (Lipinski definition) is 1. The number of aromatic carboxylic acids is 1. The highest BCUT2D eigenvalue weighted by atomic mass is 19.1. The molecule has 1 N–H and O–H groups in total. The van der Waals surface area contributed by atoms with Gasteiger partial charge in [-0.1, -0.05) is 17.3 Å². The van der Waals surface area contributed by atoms with Crippen LogP contribution in [0.5, 0.6) is 0 Å². The van der Waals surface area contributed by atoms with Gasteiger partial charge in [0, 0.05) is 18.7 Å². The van der Waals surface area contributed by atoms with Crippen LogP contribution in [0.3, 0.4) is 0 Å². The predicted octanol–water partition coefficient (Wildman–Crippen LogP) is 3.95. The molecule has 1 unspecified atom stereocenters. The number of aromatic nitrogens is 2. The number of benzene rings is 2. The summed E-state index contributed by atoms with van der Waals surface area (Å²) in [7, 11) is 0. The first kappa shape index (κ1) is 18.3. The minimum atomic E-state index is -0.919. The summed E-state index contributed by atoms with van der Waals surface area (Å²) in [5, 5.41) is 13.0. The number of carboxylic acid groups (broad SMARTS) is 1. The molecule has 1 atom stereocenters. The molecule has 4 rings (SSSR count). The number of carboxylic acids is 1. The molecule has 1 aromatic heterocycles. The van der Waals surface area contributed by atoms with Gasteiger partial charge in [0.2, 0.25) is 11.7 Å². The van der Waals surface area contributed by atoms with Gasteiger partial charge in [0.15, 0.2) is 0 Å². The zero-order valence-corrected chi connectivity index (χ0v) is 15.2. The molecule has 3 aromatic rings. The molecule has 1 aliphatic rings. The van der Waals surface area contributed by atoms with E-state index in [0.717, 1.165) is 43.6 Å². The van der Waals surface area contributed by atoms with Gasteiger partial charge >= 0.3 is 5.97 Å².